The molecule has 0 radical (unpaired) electrons. The molecule has 1 heterocycles. The molecule has 2 aromatic carbocycles. The number of alkyl halides is 6. The molecule has 5 nitrogen and oxygen atoms in total. The summed E-state index contributed by atoms with van der Waals surface area (Å²) in [5.74, 6) is -0.915. The third-order valence-electron chi connectivity index (χ3n) is 4.54. The van der Waals surface area contributed by atoms with Gasteiger partial charge in [-0.3, -0.25) is 9.69 Å². The van der Waals surface area contributed by atoms with Gasteiger partial charge in [-0.1, -0.05) is 6.58 Å². The average molecular weight is 436 g/mol. The van der Waals surface area contributed by atoms with Crippen LogP contribution in [-0.4, -0.2) is 12.5 Å². The highest BCUT2D eigenvalue weighted by atomic mass is 19.4. The van der Waals surface area contributed by atoms with Gasteiger partial charge in [0.25, 0.3) is 5.91 Å². The molecule has 0 aliphatic carbocycles. The maximum Gasteiger partial charge on any atom is 0.417 e. The third-order valence-corrected chi connectivity index (χ3v) is 4.54. The highest BCUT2D eigenvalue weighted by Gasteiger charge is 2.39. The smallest absolute Gasteiger partial charge is 0.318 e. The summed E-state index contributed by atoms with van der Waals surface area (Å²) in [5, 5.41) is 17.8. The molecule has 1 saturated heterocycles. The zero-order chi connectivity index (χ0) is 23.1. The van der Waals surface area contributed by atoms with Crippen molar-refractivity contribution in [2.45, 2.75) is 12.4 Å². The Kier molecular flexibility index (Phi) is 5.16. The van der Waals surface area contributed by atoms with Crippen molar-refractivity contribution >= 4 is 17.3 Å². The minimum atomic E-state index is -4.86. The van der Waals surface area contributed by atoms with Crippen LogP contribution < -0.4 is 9.80 Å². The predicted octanol–water partition coefficient (Wildman–Crippen LogP) is 4.79. The van der Waals surface area contributed by atoms with Crippen molar-refractivity contribution in [3.05, 3.63) is 71.1 Å². The van der Waals surface area contributed by atoms with Gasteiger partial charge in [-0.2, -0.15) is 36.9 Å². The highest BCUT2D eigenvalue weighted by molar-refractivity contribution is 6.04. The largest absolute Gasteiger partial charge is 0.417 e. The topological polar surface area (TPSA) is 71.1 Å². The summed E-state index contributed by atoms with van der Waals surface area (Å²) < 4.78 is 79.5. The molecule has 3 rings (SSSR count). The van der Waals surface area contributed by atoms with Crippen molar-refractivity contribution in [1.82, 2.24) is 0 Å². The minimum Gasteiger partial charge on any atom is -0.318 e. The number of benzene rings is 2. The molecular formula is C20H10F6N4O. The number of nitrogens with zero attached hydrogens (tertiary/aromatic N) is 4. The molecule has 0 unspecified atom stereocenters. The number of nitriles is 2. The summed E-state index contributed by atoms with van der Waals surface area (Å²) in [5.41, 5.74) is -4.10. The average Bonchev–Trinajstić information content (AvgIpc) is 2.99. The van der Waals surface area contributed by atoms with Crippen molar-refractivity contribution in [2.24, 2.45) is 0 Å². The highest BCUT2D eigenvalue weighted by Crippen LogP contribution is 2.39. The van der Waals surface area contributed by atoms with Crippen LogP contribution in [0.5, 0.6) is 0 Å². The lowest BCUT2D eigenvalue weighted by atomic mass is 10.1. The van der Waals surface area contributed by atoms with Crippen molar-refractivity contribution < 1.29 is 31.1 Å². The second-order valence-corrected chi connectivity index (χ2v) is 6.41. The predicted molar refractivity (Wildman–Crippen MR) is 96.3 cm³/mol. The monoisotopic (exact) mass is 436 g/mol. The molecule has 0 spiro atoms. The summed E-state index contributed by atoms with van der Waals surface area (Å²) in [6.07, 6.45) is -9.69. The maximum atomic E-state index is 13.2. The first-order valence-corrected chi connectivity index (χ1v) is 8.40. The van der Waals surface area contributed by atoms with E-state index >= 15 is 0 Å². The quantitative estimate of drug-likeness (QED) is 0.635. The summed E-state index contributed by atoms with van der Waals surface area (Å²) in [6.45, 7) is 3.14. The van der Waals surface area contributed by atoms with Crippen LogP contribution in [0, 0.1) is 22.7 Å². The van der Waals surface area contributed by atoms with Crippen molar-refractivity contribution in [3.63, 3.8) is 0 Å². The molecular weight excluding hydrogens is 426 g/mol. The van der Waals surface area contributed by atoms with E-state index in [0.717, 1.165) is 28.0 Å². The third kappa shape index (κ3) is 3.90. The van der Waals surface area contributed by atoms with Gasteiger partial charge in [-0.15, -0.1) is 0 Å². The number of rotatable bonds is 2. The lowest BCUT2D eigenvalue weighted by molar-refractivity contribution is -0.138. The van der Waals surface area contributed by atoms with E-state index in [4.69, 9.17) is 10.5 Å². The molecule has 0 bridgehead atoms. The van der Waals surface area contributed by atoms with E-state index in [1.807, 2.05) is 0 Å². The van der Waals surface area contributed by atoms with Crippen LogP contribution in [-0.2, 0) is 17.1 Å². The van der Waals surface area contributed by atoms with Gasteiger partial charge in [-0.25, -0.2) is 0 Å². The van der Waals surface area contributed by atoms with Crippen LogP contribution in [0.4, 0.5) is 37.7 Å². The van der Waals surface area contributed by atoms with Gasteiger partial charge >= 0.3 is 12.4 Å². The first-order valence-electron chi connectivity index (χ1n) is 8.40. The van der Waals surface area contributed by atoms with E-state index < -0.39 is 47.1 Å². The summed E-state index contributed by atoms with van der Waals surface area (Å²) in [4.78, 5) is 14.4. The summed E-state index contributed by atoms with van der Waals surface area (Å²) >= 11 is 0. The zero-order valence-electron chi connectivity index (χ0n) is 15.3. The normalized spacial score (nSPS) is 14.6. The molecule has 1 amide bonds. The van der Waals surface area contributed by atoms with Crippen LogP contribution in [0.2, 0.25) is 0 Å². The fourth-order valence-corrected chi connectivity index (χ4v) is 3.13. The van der Waals surface area contributed by atoms with Gasteiger partial charge in [0, 0.05) is 5.69 Å². The van der Waals surface area contributed by atoms with Crippen LogP contribution in [0.3, 0.4) is 0 Å². The molecule has 0 N–H and O–H groups in total. The SMILES string of the molecule is C=C1N(c2ccc(C#N)c(C(F)(F)F)c2)CC(=O)N1c1ccc(C#N)c(C(F)(F)F)c1. The Morgan fingerprint density at radius 3 is 1.74 bits per heavy atom. The van der Waals surface area contributed by atoms with Crippen LogP contribution in [0.15, 0.2) is 48.8 Å². The number of carbonyl (C=O) groups excluding carboxylic acids is 1. The molecule has 158 valence electrons. The molecule has 11 heteroatoms. The van der Waals surface area contributed by atoms with Gasteiger partial charge in [0.1, 0.15) is 12.4 Å². The molecule has 31 heavy (non-hydrogen) atoms. The fourth-order valence-electron chi connectivity index (χ4n) is 3.13. The van der Waals surface area contributed by atoms with Crippen molar-refractivity contribution in [1.29, 1.82) is 10.5 Å². The Morgan fingerprint density at radius 1 is 0.839 bits per heavy atom. The number of halogens is 6. The molecule has 0 aromatic heterocycles. The van der Waals surface area contributed by atoms with Gasteiger partial charge in [0.2, 0.25) is 0 Å². The first-order chi connectivity index (χ1) is 14.4. The van der Waals surface area contributed by atoms with Gasteiger partial charge in [-0.05, 0) is 36.4 Å². The van der Waals surface area contributed by atoms with Crippen molar-refractivity contribution in [2.75, 3.05) is 16.3 Å². The van der Waals surface area contributed by atoms with E-state index in [9.17, 15) is 31.1 Å². The second-order valence-electron chi connectivity index (χ2n) is 6.41. The van der Waals surface area contributed by atoms with Gasteiger partial charge in [0.15, 0.2) is 0 Å². The Hall–Kier alpha value is -3.99. The maximum absolute atomic E-state index is 13.2. The second kappa shape index (κ2) is 7.36. The zero-order valence-corrected chi connectivity index (χ0v) is 15.3. The Bertz CT molecular complexity index is 1170. The summed E-state index contributed by atoms with van der Waals surface area (Å²) in [7, 11) is 0. The first kappa shape index (κ1) is 21.7. The molecule has 0 saturated carbocycles. The molecule has 1 aliphatic rings. The number of amides is 1. The van der Waals surface area contributed by atoms with E-state index in [0.29, 0.717) is 12.1 Å². The number of carbonyl (C=O) groups is 1. The van der Waals surface area contributed by atoms with E-state index in [1.54, 1.807) is 0 Å². The Labute approximate surface area is 171 Å². The van der Waals surface area contributed by atoms with E-state index in [1.165, 1.54) is 18.2 Å². The van der Waals surface area contributed by atoms with Gasteiger partial charge in [0.05, 0.1) is 40.1 Å². The standard InChI is InChI=1S/C20H10F6N4O/c1-11-29(14-4-2-12(8-27)16(6-14)19(21,22)23)10-18(31)30(11)15-5-3-13(9-28)17(7-15)20(24,25)26/h2-7H,1,10H2. The number of hydrogen-bond acceptors (Lipinski definition) is 4. The van der Waals surface area contributed by atoms with Gasteiger partial charge < -0.3 is 4.90 Å². The van der Waals surface area contributed by atoms with E-state index in [-0.39, 0.29) is 17.2 Å². The fraction of sp³-hybridized carbons (Fsp3) is 0.150. The van der Waals surface area contributed by atoms with Crippen LogP contribution >= 0.6 is 0 Å². The van der Waals surface area contributed by atoms with Crippen LogP contribution in [0.1, 0.15) is 22.3 Å². The van der Waals surface area contributed by atoms with Crippen LogP contribution in [0.25, 0.3) is 0 Å². The number of anilines is 2. The number of hydrogen-bond donors (Lipinski definition) is 0. The lowest BCUT2D eigenvalue weighted by Gasteiger charge is -2.24. The Morgan fingerprint density at radius 2 is 1.29 bits per heavy atom. The van der Waals surface area contributed by atoms with Crippen molar-refractivity contribution in [3.8, 4) is 12.1 Å². The lowest BCUT2D eigenvalue weighted by Crippen LogP contribution is -2.24. The molecule has 0 atom stereocenters. The molecule has 1 aliphatic heterocycles. The van der Waals surface area contributed by atoms with E-state index in [2.05, 4.69) is 6.58 Å². The summed E-state index contributed by atoms with van der Waals surface area (Å²) in [6, 6.07) is 8.24. The minimum absolute atomic E-state index is 0.114. The molecule has 1 fully saturated rings. The Balaban J connectivity index is 2.04. The molecule has 2 aromatic rings.